The Morgan fingerprint density at radius 1 is 0.950 bits per heavy atom. The fourth-order valence-electron chi connectivity index (χ4n) is 2.39. The van der Waals surface area contributed by atoms with E-state index < -0.39 is 0 Å². The van der Waals surface area contributed by atoms with Crippen LogP contribution in [0.5, 0.6) is 0 Å². The highest BCUT2D eigenvalue weighted by Crippen LogP contribution is 2.27. The van der Waals surface area contributed by atoms with Gasteiger partial charge >= 0.3 is 0 Å². The molecule has 102 valence electrons. The van der Waals surface area contributed by atoms with Gasteiger partial charge in [0.2, 0.25) is 0 Å². The predicted octanol–water partition coefficient (Wildman–Crippen LogP) is 4.39. The summed E-state index contributed by atoms with van der Waals surface area (Å²) >= 11 is 3.54. The lowest BCUT2D eigenvalue weighted by molar-refractivity contribution is 0.918. The first-order chi connectivity index (χ1) is 9.49. The van der Waals surface area contributed by atoms with Crippen LogP contribution in [0, 0.1) is 27.7 Å². The minimum Gasteiger partial charge on any atom is -0.231 e. The third-order valence-electron chi connectivity index (χ3n) is 3.92. The van der Waals surface area contributed by atoms with E-state index in [9.17, 15) is 0 Å². The summed E-state index contributed by atoms with van der Waals surface area (Å²) in [5.74, 6) is 0. The predicted molar refractivity (Wildman–Crippen MR) is 85.1 cm³/mol. The number of aryl methyl sites for hydroxylation is 2. The number of fused-ring (bicyclic) bond motifs is 1. The highest BCUT2D eigenvalue weighted by Gasteiger charge is 2.11. The van der Waals surface area contributed by atoms with Crippen molar-refractivity contribution in [3.63, 3.8) is 0 Å². The molecule has 0 atom stereocenters. The van der Waals surface area contributed by atoms with Crippen molar-refractivity contribution in [3.05, 3.63) is 51.3 Å². The zero-order valence-corrected chi connectivity index (χ0v) is 13.6. The lowest BCUT2D eigenvalue weighted by Crippen LogP contribution is -1.97. The average Bonchev–Trinajstić information content (AvgIpc) is 2.72. The molecule has 0 aliphatic rings. The number of benzene rings is 1. The molecular weight excluding hydrogens is 314 g/mol. The zero-order chi connectivity index (χ0) is 14.4. The highest BCUT2D eigenvalue weighted by atomic mass is 79.9. The van der Waals surface area contributed by atoms with Crippen molar-refractivity contribution in [1.29, 1.82) is 0 Å². The maximum Gasteiger partial charge on any atom is 0.155 e. The van der Waals surface area contributed by atoms with Crippen LogP contribution >= 0.6 is 15.9 Å². The molecule has 3 aromatic rings. The van der Waals surface area contributed by atoms with Crippen LogP contribution in [-0.4, -0.2) is 14.6 Å². The monoisotopic (exact) mass is 329 g/mol. The van der Waals surface area contributed by atoms with E-state index in [-0.39, 0.29) is 0 Å². The number of imidazole rings is 1. The number of halogens is 1. The summed E-state index contributed by atoms with van der Waals surface area (Å²) in [4.78, 5) is 4.46. The van der Waals surface area contributed by atoms with Gasteiger partial charge in [-0.3, -0.25) is 0 Å². The molecule has 3 rings (SSSR count). The van der Waals surface area contributed by atoms with Crippen LogP contribution in [0.4, 0.5) is 0 Å². The Bertz CT molecular complexity index is 818. The minimum atomic E-state index is 0.861. The van der Waals surface area contributed by atoms with E-state index in [1.54, 1.807) is 0 Å². The molecule has 0 N–H and O–H groups in total. The number of nitrogens with zero attached hydrogens (tertiary/aromatic N) is 3. The Balaban J connectivity index is 2.25. The summed E-state index contributed by atoms with van der Waals surface area (Å²) in [6.45, 7) is 8.42. The molecule has 20 heavy (non-hydrogen) atoms. The van der Waals surface area contributed by atoms with E-state index in [4.69, 9.17) is 5.10 Å². The van der Waals surface area contributed by atoms with Crippen molar-refractivity contribution in [2.24, 2.45) is 0 Å². The van der Waals surface area contributed by atoms with E-state index in [2.05, 4.69) is 53.8 Å². The Kier molecular flexibility index (Phi) is 3.13. The third-order valence-corrected chi connectivity index (χ3v) is 4.83. The summed E-state index contributed by atoms with van der Waals surface area (Å²) in [6.07, 6.45) is 0. The van der Waals surface area contributed by atoms with Gasteiger partial charge in [-0.25, -0.2) is 9.50 Å². The van der Waals surface area contributed by atoms with E-state index in [1.165, 1.54) is 22.3 Å². The second kappa shape index (κ2) is 4.70. The molecule has 0 saturated carbocycles. The van der Waals surface area contributed by atoms with Crippen LogP contribution in [0.2, 0.25) is 0 Å². The smallest absolute Gasteiger partial charge is 0.155 e. The van der Waals surface area contributed by atoms with E-state index in [1.807, 2.05) is 23.6 Å². The van der Waals surface area contributed by atoms with Gasteiger partial charge < -0.3 is 0 Å². The van der Waals surface area contributed by atoms with Crippen LogP contribution in [0.1, 0.15) is 22.4 Å². The standard InChI is InChI=1S/C16H16BrN3/c1-9-5-6-13(11(3)10(9)2)14-7-8-15-18-12(4)16(17)20(15)19-14/h5-8H,1-4H3. The zero-order valence-electron chi connectivity index (χ0n) is 12.0. The number of hydrogen-bond acceptors (Lipinski definition) is 2. The molecule has 0 saturated heterocycles. The summed E-state index contributed by atoms with van der Waals surface area (Å²) in [5, 5.41) is 4.70. The number of aromatic nitrogens is 3. The molecule has 0 aliphatic carbocycles. The van der Waals surface area contributed by atoms with Crippen molar-refractivity contribution < 1.29 is 0 Å². The molecule has 2 aromatic heterocycles. The lowest BCUT2D eigenvalue weighted by Gasteiger charge is -2.11. The van der Waals surface area contributed by atoms with Crippen LogP contribution in [0.3, 0.4) is 0 Å². The van der Waals surface area contributed by atoms with E-state index >= 15 is 0 Å². The number of hydrogen-bond donors (Lipinski definition) is 0. The van der Waals surface area contributed by atoms with Crippen molar-refractivity contribution in [1.82, 2.24) is 14.6 Å². The molecule has 1 aromatic carbocycles. The minimum absolute atomic E-state index is 0.861. The molecule has 0 unspecified atom stereocenters. The van der Waals surface area contributed by atoms with Gasteiger partial charge in [-0.1, -0.05) is 12.1 Å². The van der Waals surface area contributed by atoms with Gasteiger partial charge in [0.05, 0.1) is 11.4 Å². The maximum atomic E-state index is 4.70. The molecule has 0 fully saturated rings. The maximum absolute atomic E-state index is 4.70. The van der Waals surface area contributed by atoms with E-state index in [0.717, 1.165) is 21.6 Å². The molecule has 0 radical (unpaired) electrons. The lowest BCUT2D eigenvalue weighted by atomic mass is 9.97. The molecule has 0 bridgehead atoms. The van der Waals surface area contributed by atoms with Gasteiger partial charge in [0.1, 0.15) is 4.60 Å². The van der Waals surface area contributed by atoms with Crippen LogP contribution in [-0.2, 0) is 0 Å². The normalized spacial score (nSPS) is 11.2. The van der Waals surface area contributed by atoms with Gasteiger partial charge in [0.25, 0.3) is 0 Å². The topological polar surface area (TPSA) is 30.2 Å². The third kappa shape index (κ3) is 1.95. The van der Waals surface area contributed by atoms with Crippen molar-refractivity contribution >= 4 is 21.6 Å². The van der Waals surface area contributed by atoms with Crippen molar-refractivity contribution in [2.45, 2.75) is 27.7 Å². The van der Waals surface area contributed by atoms with Gasteiger partial charge in [-0.05, 0) is 72.4 Å². The van der Waals surface area contributed by atoms with Crippen LogP contribution < -0.4 is 0 Å². The summed E-state index contributed by atoms with van der Waals surface area (Å²) in [5.41, 5.74) is 7.87. The van der Waals surface area contributed by atoms with Gasteiger partial charge in [-0.2, -0.15) is 5.10 Å². The molecule has 0 amide bonds. The Morgan fingerprint density at radius 3 is 2.45 bits per heavy atom. The SMILES string of the molecule is Cc1ccc(-c2ccc3nc(C)c(Br)n3n2)c(C)c1C. The van der Waals surface area contributed by atoms with E-state index in [0.29, 0.717) is 0 Å². The first-order valence-corrected chi connectivity index (χ1v) is 7.37. The second-order valence-corrected chi connectivity index (χ2v) is 5.91. The fraction of sp³-hybridized carbons (Fsp3) is 0.250. The second-order valence-electron chi connectivity index (χ2n) is 5.16. The van der Waals surface area contributed by atoms with Crippen molar-refractivity contribution in [3.8, 4) is 11.3 Å². The Morgan fingerprint density at radius 2 is 1.70 bits per heavy atom. The van der Waals surface area contributed by atoms with Gasteiger partial charge in [0, 0.05) is 5.56 Å². The van der Waals surface area contributed by atoms with Gasteiger partial charge in [-0.15, -0.1) is 0 Å². The molecule has 4 heteroatoms. The molecule has 0 spiro atoms. The molecule has 3 nitrogen and oxygen atoms in total. The van der Waals surface area contributed by atoms with Crippen LogP contribution in [0.25, 0.3) is 16.9 Å². The van der Waals surface area contributed by atoms with Crippen molar-refractivity contribution in [2.75, 3.05) is 0 Å². The van der Waals surface area contributed by atoms with Crippen LogP contribution in [0.15, 0.2) is 28.9 Å². The van der Waals surface area contributed by atoms with Gasteiger partial charge in [0.15, 0.2) is 5.65 Å². The Hall–Kier alpha value is -1.68. The number of rotatable bonds is 1. The Labute approximate surface area is 126 Å². The first kappa shape index (κ1) is 13.3. The summed E-state index contributed by atoms with van der Waals surface area (Å²) in [6, 6.07) is 8.33. The quantitative estimate of drug-likeness (QED) is 0.662. The molecular formula is C16H16BrN3. The summed E-state index contributed by atoms with van der Waals surface area (Å²) < 4.78 is 2.76. The largest absolute Gasteiger partial charge is 0.231 e. The summed E-state index contributed by atoms with van der Waals surface area (Å²) in [7, 11) is 0. The average molecular weight is 330 g/mol. The highest BCUT2D eigenvalue weighted by molar-refractivity contribution is 9.10. The molecule has 0 aliphatic heterocycles. The fourth-order valence-corrected chi connectivity index (χ4v) is 2.74. The molecule has 2 heterocycles. The first-order valence-electron chi connectivity index (χ1n) is 6.58.